The number of anilines is 2. The van der Waals surface area contributed by atoms with Crippen LogP contribution >= 0.6 is 0 Å². The second-order valence-electron chi connectivity index (χ2n) is 8.24. The van der Waals surface area contributed by atoms with E-state index in [9.17, 15) is 9.18 Å². The summed E-state index contributed by atoms with van der Waals surface area (Å²) in [7, 11) is 3.09. The summed E-state index contributed by atoms with van der Waals surface area (Å²) in [6, 6.07) is 18.1. The molecule has 11 heteroatoms. The van der Waals surface area contributed by atoms with Crippen molar-refractivity contribution in [2.75, 3.05) is 24.9 Å². The molecule has 0 saturated heterocycles. The van der Waals surface area contributed by atoms with Gasteiger partial charge in [0.25, 0.3) is 5.89 Å². The average Bonchev–Trinajstić information content (AvgIpc) is 3.59. The molecule has 0 bridgehead atoms. The van der Waals surface area contributed by atoms with E-state index in [4.69, 9.17) is 14.0 Å². The summed E-state index contributed by atoms with van der Waals surface area (Å²) < 4.78 is 31.1. The lowest BCUT2D eigenvalue weighted by molar-refractivity contribution is 0.262. The predicted molar refractivity (Wildman–Crippen MR) is 139 cm³/mol. The van der Waals surface area contributed by atoms with Gasteiger partial charge in [-0.05, 0) is 29.8 Å². The Morgan fingerprint density at radius 1 is 0.974 bits per heavy atom. The van der Waals surface area contributed by atoms with Gasteiger partial charge in [-0.25, -0.2) is 14.2 Å². The highest BCUT2D eigenvalue weighted by molar-refractivity contribution is 6.00. The summed E-state index contributed by atoms with van der Waals surface area (Å²) in [5, 5.41) is 9.49. The number of nitrogens with zero attached hydrogens (tertiary/aromatic N) is 4. The second kappa shape index (κ2) is 10.8. The Labute approximate surface area is 217 Å². The van der Waals surface area contributed by atoms with Crippen molar-refractivity contribution in [3.05, 3.63) is 90.6 Å². The number of benzene rings is 3. The molecule has 0 fully saturated rings. The quantitative estimate of drug-likeness (QED) is 0.283. The highest BCUT2D eigenvalue weighted by Gasteiger charge is 2.14. The standard InChI is InChI=1S/C27H23FN6O4/c1-36-22-11-21(12-23(13-22)37-2)31-27(35)30-20-8-6-17(7-9-20)14-34-15-24(29-16-34)26-32-25(33-38-26)18-4-3-5-19(28)10-18/h3-13,15-16H,14H2,1-2H3,(H2,30,31,35). The van der Waals surface area contributed by atoms with Crippen LogP contribution in [0.4, 0.5) is 20.6 Å². The molecule has 2 heterocycles. The van der Waals surface area contributed by atoms with Crippen LogP contribution in [0.5, 0.6) is 11.5 Å². The van der Waals surface area contributed by atoms with E-state index in [1.54, 1.807) is 57.1 Å². The third-order valence-corrected chi connectivity index (χ3v) is 5.55. The Morgan fingerprint density at radius 3 is 2.42 bits per heavy atom. The minimum Gasteiger partial charge on any atom is -0.497 e. The topological polar surface area (TPSA) is 116 Å². The monoisotopic (exact) mass is 514 g/mol. The Hall–Kier alpha value is -5.19. The number of ether oxygens (including phenoxy) is 2. The van der Waals surface area contributed by atoms with Gasteiger partial charge in [-0.1, -0.05) is 29.4 Å². The maximum absolute atomic E-state index is 13.5. The Bertz CT molecular complexity index is 1540. The van der Waals surface area contributed by atoms with Gasteiger partial charge in [0.2, 0.25) is 5.82 Å². The molecule has 0 aliphatic carbocycles. The normalized spacial score (nSPS) is 10.7. The lowest BCUT2D eigenvalue weighted by atomic mass is 10.2. The van der Waals surface area contributed by atoms with Crippen LogP contribution in [-0.2, 0) is 6.54 Å². The van der Waals surface area contributed by atoms with Gasteiger partial charge >= 0.3 is 6.03 Å². The van der Waals surface area contributed by atoms with Crippen LogP contribution in [0.15, 0.2) is 83.8 Å². The Kier molecular flexibility index (Phi) is 6.98. The summed E-state index contributed by atoms with van der Waals surface area (Å²) in [5.41, 5.74) is 3.18. The molecule has 0 spiro atoms. The molecular weight excluding hydrogens is 491 g/mol. The van der Waals surface area contributed by atoms with Crippen molar-refractivity contribution in [2.45, 2.75) is 6.54 Å². The van der Waals surface area contributed by atoms with Gasteiger partial charge in [-0.3, -0.25) is 0 Å². The zero-order chi connectivity index (χ0) is 26.5. The van der Waals surface area contributed by atoms with E-state index >= 15 is 0 Å². The summed E-state index contributed by atoms with van der Waals surface area (Å²) in [5.74, 6) is 1.28. The molecule has 0 aliphatic rings. The van der Waals surface area contributed by atoms with Crippen LogP contribution in [0.25, 0.3) is 23.0 Å². The first-order chi connectivity index (χ1) is 18.5. The highest BCUT2D eigenvalue weighted by Crippen LogP contribution is 2.26. The first-order valence-electron chi connectivity index (χ1n) is 11.5. The smallest absolute Gasteiger partial charge is 0.323 e. The molecule has 0 saturated carbocycles. The summed E-state index contributed by atoms with van der Waals surface area (Å²) >= 11 is 0. The number of amides is 2. The molecule has 0 radical (unpaired) electrons. The fourth-order valence-electron chi connectivity index (χ4n) is 3.71. The number of imidazole rings is 1. The average molecular weight is 515 g/mol. The highest BCUT2D eigenvalue weighted by atomic mass is 19.1. The van der Waals surface area contributed by atoms with Crippen molar-refractivity contribution >= 4 is 17.4 Å². The Morgan fingerprint density at radius 2 is 1.71 bits per heavy atom. The molecule has 2 N–H and O–H groups in total. The van der Waals surface area contributed by atoms with Crippen LogP contribution in [0.2, 0.25) is 0 Å². The molecule has 5 aromatic rings. The maximum Gasteiger partial charge on any atom is 0.323 e. The first kappa shape index (κ1) is 24.5. The Balaban J connectivity index is 1.19. The summed E-state index contributed by atoms with van der Waals surface area (Å²) in [6.45, 7) is 0.536. The zero-order valence-corrected chi connectivity index (χ0v) is 20.5. The zero-order valence-electron chi connectivity index (χ0n) is 20.5. The lowest BCUT2D eigenvalue weighted by Crippen LogP contribution is -2.19. The molecule has 0 unspecified atom stereocenters. The van der Waals surface area contributed by atoms with Gasteiger partial charge in [0.15, 0.2) is 0 Å². The van der Waals surface area contributed by atoms with Gasteiger partial charge in [0, 0.05) is 47.9 Å². The third kappa shape index (κ3) is 5.78. The van der Waals surface area contributed by atoms with E-state index in [1.165, 1.54) is 12.1 Å². The van der Waals surface area contributed by atoms with Crippen LogP contribution in [0.3, 0.4) is 0 Å². The second-order valence-corrected chi connectivity index (χ2v) is 8.24. The van der Waals surface area contributed by atoms with E-state index in [0.717, 1.165) is 5.56 Å². The van der Waals surface area contributed by atoms with Crippen molar-refractivity contribution in [1.29, 1.82) is 0 Å². The van der Waals surface area contributed by atoms with Crippen LogP contribution in [0, 0.1) is 5.82 Å². The van der Waals surface area contributed by atoms with E-state index in [-0.39, 0.29) is 17.5 Å². The number of methoxy groups -OCH3 is 2. The van der Waals surface area contributed by atoms with Gasteiger partial charge < -0.3 is 29.2 Å². The number of hydrogen-bond acceptors (Lipinski definition) is 7. The fourth-order valence-corrected chi connectivity index (χ4v) is 3.71. The maximum atomic E-state index is 13.5. The molecule has 0 atom stereocenters. The molecule has 2 aromatic heterocycles. The fraction of sp³-hybridized carbons (Fsp3) is 0.111. The van der Waals surface area contributed by atoms with Crippen LogP contribution in [-0.4, -0.2) is 39.9 Å². The molecule has 5 rings (SSSR count). The summed E-state index contributed by atoms with van der Waals surface area (Å²) in [6.07, 6.45) is 3.44. The minimum atomic E-state index is -0.399. The SMILES string of the molecule is COc1cc(NC(=O)Nc2ccc(Cn3cnc(-c4nc(-c5cccc(F)c5)no4)c3)cc2)cc(OC)c1. The van der Waals surface area contributed by atoms with Crippen LogP contribution < -0.4 is 20.1 Å². The van der Waals surface area contributed by atoms with E-state index in [0.29, 0.717) is 40.7 Å². The molecule has 2 amide bonds. The molecule has 192 valence electrons. The van der Waals surface area contributed by atoms with E-state index in [1.807, 2.05) is 28.8 Å². The lowest BCUT2D eigenvalue weighted by Gasteiger charge is -2.11. The number of carbonyl (C=O) groups is 1. The molecule has 3 aromatic carbocycles. The van der Waals surface area contributed by atoms with Gasteiger partial charge in [0.1, 0.15) is 23.0 Å². The first-order valence-corrected chi connectivity index (χ1v) is 11.5. The van der Waals surface area contributed by atoms with E-state index < -0.39 is 6.03 Å². The predicted octanol–water partition coefficient (Wildman–Crippen LogP) is 5.45. The van der Waals surface area contributed by atoms with Gasteiger partial charge in [-0.15, -0.1) is 0 Å². The number of carbonyl (C=O) groups excluding carboxylic acids is 1. The van der Waals surface area contributed by atoms with Crippen LogP contribution in [0.1, 0.15) is 5.56 Å². The van der Waals surface area contributed by atoms with Crippen molar-refractivity contribution in [3.8, 4) is 34.5 Å². The van der Waals surface area contributed by atoms with Gasteiger partial charge in [0.05, 0.1) is 20.5 Å². The number of halogens is 1. The number of aromatic nitrogens is 4. The number of urea groups is 1. The van der Waals surface area contributed by atoms with Crippen molar-refractivity contribution < 1.29 is 23.2 Å². The number of rotatable bonds is 8. The molecule has 10 nitrogen and oxygen atoms in total. The molecule has 0 aliphatic heterocycles. The van der Waals surface area contributed by atoms with Gasteiger partial charge in [-0.2, -0.15) is 4.98 Å². The van der Waals surface area contributed by atoms with Crippen molar-refractivity contribution in [2.24, 2.45) is 0 Å². The minimum absolute atomic E-state index is 0.238. The van der Waals surface area contributed by atoms with E-state index in [2.05, 4.69) is 25.8 Å². The largest absolute Gasteiger partial charge is 0.497 e. The van der Waals surface area contributed by atoms with Crippen molar-refractivity contribution in [1.82, 2.24) is 19.7 Å². The van der Waals surface area contributed by atoms with Crippen molar-refractivity contribution in [3.63, 3.8) is 0 Å². The third-order valence-electron chi connectivity index (χ3n) is 5.55. The number of hydrogen-bond donors (Lipinski definition) is 2. The molecular formula is C27H23FN6O4. The number of nitrogens with one attached hydrogen (secondary N) is 2. The summed E-state index contributed by atoms with van der Waals surface area (Å²) in [4.78, 5) is 21.1. The molecule has 38 heavy (non-hydrogen) atoms.